The number of benzene rings is 1. The molecule has 4 heterocycles. The number of halogens is 3. The van der Waals surface area contributed by atoms with Crippen LogP contribution >= 0.6 is 0 Å². The fourth-order valence-corrected chi connectivity index (χ4v) is 6.45. The van der Waals surface area contributed by atoms with Crippen LogP contribution in [0.1, 0.15) is 54.0 Å². The maximum atomic E-state index is 14.0. The zero-order valence-corrected chi connectivity index (χ0v) is 23.9. The maximum absolute atomic E-state index is 14.0. The van der Waals surface area contributed by atoms with Crippen molar-refractivity contribution < 1.29 is 26.4 Å². The summed E-state index contributed by atoms with van der Waals surface area (Å²) >= 11 is 0. The van der Waals surface area contributed by atoms with Gasteiger partial charge in [0.1, 0.15) is 10.5 Å². The second-order valence-electron chi connectivity index (χ2n) is 10.2. The number of piperazine rings is 1. The third-order valence-corrected chi connectivity index (χ3v) is 9.24. The summed E-state index contributed by atoms with van der Waals surface area (Å²) in [5, 5.41) is 8.07. The minimum atomic E-state index is -4.75. The lowest BCUT2D eigenvalue weighted by Gasteiger charge is -2.33. The van der Waals surface area contributed by atoms with Gasteiger partial charge in [0.05, 0.1) is 17.6 Å². The van der Waals surface area contributed by atoms with Crippen molar-refractivity contribution in [1.82, 2.24) is 33.6 Å². The van der Waals surface area contributed by atoms with Gasteiger partial charge in [0.15, 0.2) is 11.3 Å². The van der Waals surface area contributed by atoms with Crippen molar-refractivity contribution in [2.75, 3.05) is 26.2 Å². The Morgan fingerprint density at radius 2 is 1.73 bits per heavy atom. The lowest BCUT2D eigenvalue weighted by Crippen LogP contribution is -2.50. The number of rotatable bonds is 6. The Labute approximate surface area is 235 Å². The minimum absolute atomic E-state index is 0.0265. The lowest BCUT2D eigenvalue weighted by molar-refractivity contribution is -0.142. The third-order valence-electron chi connectivity index (χ3n) is 7.23. The molecule has 0 unspecified atom stereocenters. The summed E-state index contributed by atoms with van der Waals surface area (Å²) in [6, 6.07) is 8.01. The molecule has 1 aliphatic heterocycles. The molecule has 41 heavy (non-hydrogen) atoms. The fraction of sp³-hybridized carbons (Fsp3) is 0.407. The average molecular weight is 590 g/mol. The van der Waals surface area contributed by atoms with E-state index in [0.717, 1.165) is 17.8 Å². The molecule has 14 heteroatoms. The third kappa shape index (κ3) is 5.33. The highest BCUT2D eigenvalue weighted by Crippen LogP contribution is 2.33. The van der Waals surface area contributed by atoms with Gasteiger partial charge in [-0.1, -0.05) is 38.1 Å². The van der Waals surface area contributed by atoms with Crippen molar-refractivity contribution in [3.63, 3.8) is 0 Å². The highest BCUT2D eigenvalue weighted by atomic mass is 32.2. The standard InChI is InChI=1S/C27H30F3N7O3S/c1-5-35-16-23(18(4)33-35)41(39,40)36-12-10-34(11-13-36)26(38)21-15-31-37-24(27(28,29)30)14-22(32-25(21)37)20-8-6-19(7-9-20)17(2)3/h6-9,14-17H,5,10-13H2,1-4H3. The first-order chi connectivity index (χ1) is 19.3. The number of hydrogen-bond donors (Lipinski definition) is 0. The van der Waals surface area contributed by atoms with Crippen LogP contribution in [-0.4, -0.2) is 74.1 Å². The monoisotopic (exact) mass is 589 g/mol. The molecule has 0 spiro atoms. The topological polar surface area (TPSA) is 106 Å². The van der Waals surface area contributed by atoms with E-state index in [1.54, 1.807) is 23.7 Å². The van der Waals surface area contributed by atoms with Gasteiger partial charge in [0.25, 0.3) is 5.91 Å². The molecule has 0 atom stereocenters. The van der Waals surface area contributed by atoms with Gasteiger partial charge in [-0.3, -0.25) is 9.48 Å². The summed E-state index contributed by atoms with van der Waals surface area (Å²) in [6.45, 7) is 8.19. The lowest BCUT2D eigenvalue weighted by atomic mass is 10.0. The van der Waals surface area contributed by atoms with Crippen LogP contribution in [0, 0.1) is 6.92 Å². The number of aromatic nitrogens is 5. The number of nitrogens with zero attached hydrogens (tertiary/aromatic N) is 7. The number of fused-ring (bicyclic) bond motifs is 1. The zero-order chi connectivity index (χ0) is 29.7. The molecule has 0 aliphatic carbocycles. The number of aryl methyl sites for hydroxylation is 2. The minimum Gasteiger partial charge on any atom is -0.336 e. The van der Waals surface area contributed by atoms with Crippen molar-refractivity contribution >= 4 is 21.6 Å². The summed E-state index contributed by atoms with van der Waals surface area (Å²) in [7, 11) is -3.83. The van der Waals surface area contributed by atoms with Crippen LogP contribution in [0.15, 0.2) is 47.6 Å². The Balaban J connectivity index is 1.43. The van der Waals surface area contributed by atoms with Crippen LogP contribution in [0.4, 0.5) is 13.2 Å². The summed E-state index contributed by atoms with van der Waals surface area (Å²) < 4.78 is 72.0. The highest BCUT2D eigenvalue weighted by Gasteiger charge is 2.37. The van der Waals surface area contributed by atoms with Crippen molar-refractivity contribution in [3.8, 4) is 11.3 Å². The smallest absolute Gasteiger partial charge is 0.336 e. The van der Waals surface area contributed by atoms with Crippen molar-refractivity contribution in [1.29, 1.82) is 0 Å². The first kappa shape index (κ1) is 28.7. The Morgan fingerprint density at radius 1 is 1.07 bits per heavy atom. The average Bonchev–Trinajstić information content (AvgIpc) is 3.55. The van der Waals surface area contributed by atoms with E-state index in [9.17, 15) is 26.4 Å². The van der Waals surface area contributed by atoms with E-state index < -0.39 is 27.8 Å². The number of sulfonamides is 1. The van der Waals surface area contributed by atoms with Crippen LogP contribution < -0.4 is 0 Å². The van der Waals surface area contributed by atoms with Gasteiger partial charge in [-0.2, -0.15) is 27.7 Å². The summed E-state index contributed by atoms with van der Waals surface area (Å²) in [6.07, 6.45) is -2.18. The molecule has 0 bridgehead atoms. The molecule has 1 amide bonds. The molecule has 218 valence electrons. The van der Waals surface area contributed by atoms with Gasteiger partial charge in [-0.05, 0) is 31.4 Å². The van der Waals surface area contributed by atoms with Crippen LogP contribution in [0.3, 0.4) is 0 Å². The molecular formula is C27H30F3N7O3S. The summed E-state index contributed by atoms with van der Waals surface area (Å²) in [5.41, 5.74) is 0.594. The molecule has 5 rings (SSSR count). The molecule has 0 radical (unpaired) electrons. The number of carbonyl (C=O) groups is 1. The fourth-order valence-electron chi connectivity index (χ4n) is 4.86. The zero-order valence-electron chi connectivity index (χ0n) is 23.1. The molecule has 4 aromatic rings. The largest absolute Gasteiger partial charge is 0.433 e. The quantitative estimate of drug-likeness (QED) is 0.334. The maximum Gasteiger partial charge on any atom is 0.433 e. The molecule has 3 aromatic heterocycles. The Kier molecular flexibility index (Phi) is 7.40. The predicted molar refractivity (Wildman–Crippen MR) is 145 cm³/mol. The van der Waals surface area contributed by atoms with E-state index in [0.29, 0.717) is 22.3 Å². The van der Waals surface area contributed by atoms with E-state index >= 15 is 0 Å². The van der Waals surface area contributed by atoms with Crippen LogP contribution in [-0.2, 0) is 22.7 Å². The Morgan fingerprint density at radius 3 is 2.29 bits per heavy atom. The van der Waals surface area contributed by atoms with Crippen molar-refractivity contribution in [2.24, 2.45) is 0 Å². The molecule has 1 aliphatic rings. The van der Waals surface area contributed by atoms with Gasteiger partial charge in [-0.15, -0.1) is 0 Å². The van der Waals surface area contributed by atoms with Gasteiger partial charge in [0.2, 0.25) is 10.0 Å². The number of alkyl halides is 3. The highest BCUT2D eigenvalue weighted by molar-refractivity contribution is 7.89. The van der Waals surface area contributed by atoms with Crippen molar-refractivity contribution in [3.05, 3.63) is 65.2 Å². The normalized spacial score (nSPS) is 15.3. The Bertz CT molecular complexity index is 1700. The van der Waals surface area contributed by atoms with Gasteiger partial charge in [0, 0.05) is 44.5 Å². The molecule has 10 nitrogen and oxygen atoms in total. The number of amides is 1. The van der Waals surface area contributed by atoms with E-state index in [1.807, 2.05) is 32.9 Å². The van der Waals surface area contributed by atoms with E-state index in [-0.39, 0.29) is 53.9 Å². The summed E-state index contributed by atoms with van der Waals surface area (Å²) in [4.78, 5) is 19.4. The van der Waals surface area contributed by atoms with Crippen molar-refractivity contribution in [2.45, 2.75) is 51.2 Å². The first-order valence-electron chi connectivity index (χ1n) is 13.2. The first-order valence-corrected chi connectivity index (χ1v) is 14.6. The molecular weight excluding hydrogens is 559 g/mol. The van der Waals surface area contributed by atoms with Gasteiger partial charge < -0.3 is 4.90 Å². The van der Waals surface area contributed by atoms with Crippen LogP contribution in [0.5, 0.6) is 0 Å². The van der Waals surface area contributed by atoms with Crippen LogP contribution in [0.25, 0.3) is 16.9 Å². The molecule has 1 saturated heterocycles. The van der Waals surface area contributed by atoms with Gasteiger partial charge in [-0.25, -0.2) is 17.9 Å². The SMILES string of the molecule is CCn1cc(S(=O)(=O)N2CCN(C(=O)c3cnn4c(C(F)(F)F)cc(-c5ccc(C(C)C)cc5)nc34)CC2)c(C)n1. The molecule has 1 aromatic carbocycles. The van der Waals surface area contributed by atoms with E-state index in [2.05, 4.69) is 15.2 Å². The van der Waals surface area contributed by atoms with E-state index in [1.165, 1.54) is 15.4 Å². The van der Waals surface area contributed by atoms with E-state index in [4.69, 9.17) is 0 Å². The predicted octanol–water partition coefficient (Wildman–Crippen LogP) is 4.21. The second-order valence-corrected chi connectivity index (χ2v) is 12.1. The second kappa shape index (κ2) is 10.6. The molecule has 1 fully saturated rings. The van der Waals surface area contributed by atoms with Gasteiger partial charge >= 0.3 is 6.18 Å². The van der Waals surface area contributed by atoms with Crippen LogP contribution in [0.2, 0.25) is 0 Å². The Hall–Kier alpha value is -3.78. The molecule has 0 saturated carbocycles. The molecule has 0 N–H and O–H groups in total. The number of carbonyl (C=O) groups excluding carboxylic acids is 1. The number of hydrogen-bond acceptors (Lipinski definition) is 6. The summed E-state index contributed by atoms with van der Waals surface area (Å²) in [5.74, 6) is -0.322.